The smallest absolute Gasteiger partial charge is 0.119 e. The summed E-state index contributed by atoms with van der Waals surface area (Å²) in [6.07, 6.45) is 5.96. The van der Waals surface area contributed by atoms with Gasteiger partial charge in [-0.3, -0.25) is 0 Å². The molecule has 0 radical (unpaired) electrons. The molecule has 2 saturated carbocycles. The van der Waals surface area contributed by atoms with Crippen LogP contribution in [0.3, 0.4) is 0 Å². The highest BCUT2D eigenvalue weighted by molar-refractivity contribution is 5.33. The average Bonchev–Trinajstić information content (AvgIpc) is 3.23. The van der Waals surface area contributed by atoms with Crippen molar-refractivity contribution < 1.29 is 9.84 Å². The lowest BCUT2D eigenvalue weighted by molar-refractivity contribution is 0.0143. The number of hydrogen-bond donors (Lipinski definition) is 1. The van der Waals surface area contributed by atoms with E-state index in [0.29, 0.717) is 17.9 Å². The van der Waals surface area contributed by atoms with Crippen molar-refractivity contribution in [1.82, 2.24) is 0 Å². The topological polar surface area (TPSA) is 29.5 Å². The molecule has 21 heavy (non-hydrogen) atoms. The van der Waals surface area contributed by atoms with Crippen LogP contribution in [0.5, 0.6) is 5.75 Å². The summed E-state index contributed by atoms with van der Waals surface area (Å²) >= 11 is 0. The first kappa shape index (κ1) is 14.9. The first-order valence-corrected chi connectivity index (χ1v) is 8.42. The van der Waals surface area contributed by atoms with Gasteiger partial charge < -0.3 is 9.84 Å². The monoisotopic (exact) mass is 288 g/mol. The molecule has 0 aromatic heterocycles. The molecule has 1 aromatic rings. The molecule has 3 rings (SSSR count). The number of benzene rings is 1. The van der Waals surface area contributed by atoms with Crippen LogP contribution in [0.2, 0.25) is 0 Å². The molecule has 0 saturated heterocycles. The third-order valence-electron chi connectivity index (χ3n) is 5.43. The Hall–Kier alpha value is -1.02. The summed E-state index contributed by atoms with van der Waals surface area (Å²) in [5.41, 5.74) is 1.32. The Kier molecular flexibility index (Phi) is 4.00. The van der Waals surface area contributed by atoms with Crippen molar-refractivity contribution in [3.05, 3.63) is 29.8 Å². The summed E-state index contributed by atoms with van der Waals surface area (Å²) in [6, 6.07) is 8.55. The normalized spacial score (nSPS) is 30.2. The van der Waals surface area contributed by atoms with Crippen molar-refractivity contribution in [3.63, 3.8) is 0 Å². The lowest BCUT2D eigenvalue weighted by Crippen LogP contribution is -2.41. The van der Waals surface area contributed by atoms with Gasteiger partial charge in [-0.05, 0) is 60.6 Å². The van der Waals surface area contributed by atoms with Crippen molar-refractivity contribution in [2.75, 3.05) is 0 Å². The Morgan fingerprint density at radius 1 is 1.05 bits per heavy atom. The highest BCUT2D eigenvalue weighted by atomic mass is 16.5. The fourth-order valence-electron chi connectivity index (χ4n) is 3.75. The van der Waals surface area contributed by atoms with E-state index in [1.165, 1.54) is 24.8 Å². The molecular formula is C19H28O2. The summed E-state index contributed by atoms with van der Waals surface area (Å²) in [5.74, 6) is 1.99. The van der Waals surface area contributed by atoms with Crippen LogP contribution < -0.4 is 4.74 Å². The second-order valence-electron chi connectivity index (χ2n) is 7.66. The largest absolute Gasteiger partial charge is 0.490 e. The molecule has 2 aliphatic rings. The van der Waals surface area contributed by atoms with E-state index in [1.54, 1.807) is 0 Å². The molecule has 2 nitrogen and oxygen atoms in total. The van der Waals surface area contributed by atoms with Crippen LogP contribution in [-0.2, 0) is 5.41 Å². The second-order valence-corrected chi connectivity index (χ2v) is 7.66. The first-order chi connectivity index (χ1) is 9.96. The Morgan fingerprint density at radius 3 is 2.29 bits per heavy atom. The Morgan fingerprint density at radius 2 is 1.71 bits per heavy atom. The summed E-state index contributed by atoms with van der Waals surface area (Å²) in [5, 5.41) is 10.5. The zero-order valence-corrected chi connectivity index (χ0v) is 13.5. The van der Waals surface area contributed by atoms with Gasteiger partial charge in [0.15, 0.2) is 0 Å². The maximum atomic E-state index is 10.5. The highest BCUT2D eigenvalue weighted by Crippen LogP contribution is 2.42. The van der Waals surface area contributed by atoms with Crippen molar-refractivity contribution in [2.45, 2.75) is 70.5 Å². The molecule has 3 unspecified atom stereocenters. The maximum absolute atomic E-state index is 10.5. The molecule has 0 bridgehead atoms. The summed E-state index contributed by atoms with van der Waals surface area (Å²) in [6.45, 7) is 6.79. The van der Waals surface area contributed by atoms with E-state index in [4.69, 9.17) is 4.74 Å². The van der Waals surface area contributed by atoms with Crippen molar-refractivity contribution in [3.8, 4) is 5.75 Å². The van der Waals surface area contributed by atoms with Crippen molar-refractivity contribution in [2.24, 2.45) is 11.8 Å². The number of ether oxygens (including phenoxy) is 1. The number of aliphatic hydroxyl groups excluding tert-OH is 1. The van der Waals surface area contributed by atoms with Gasteiger partial charge in [0.2, 0.25) is 0 Å². The third-order valence-corrected chi connectivity index (χ3v) is 5.43. The van der Waals surface area contributed by atoms with Crippen LogP contribution in [0.1, 0.15) is 58.4 Å². The van der Waals surface area contributed by atoms with E-state index in [2.05, 4.69) is 45.0 Å². The van der Waals surface area contributed by atoms with E-state index in [0.717, 1.165) is 18.6 Å². The molecule has 0 heterocycles. The van der Waals surface area contributed by atoms with E-state index in [9.17, 15) is 5.11 Å². The number of aliphatic hydroxyl groups is 1. The Labute approximate surface area is 128 Å². The van der Waals surface area contributed by atoms with E-state index in [1.807, 2.05) is 0 Å². The van der Waals surface area contributed by atoms with Gasteiger partial charge in [-0.1, -0.05) is 39.3 Å². The quantitative estimate of drug-likeness (QED) is 0.895. The number of rotatable bonds is 4. The zero-order chi connectivity index (χ0) is 15.0. The van der Waals surface area contributed by atoms with Gasteiger partial charge >= 0.3 is 0 Å². The predicted octanol–water partition coefficient (Wildman–Crippen LogP) is 4.30. The van der Waals surface area contributed by atoms with Gasteiger partial charge in [0.25, 0.3) is 0 Å². The van der Waals surface area contributed by atoms with Crippen molar-refractivity contribution in [1.29, 1.82) is 0 Å². The van der Waals surface area contributed by atoms with Gasteiger partial charge in [-0.2, -0.15) is 0 Å². The molecule has 1 aromatic carbocycles. The minimum Gasteiger partial charge on any atom is -0.490 e. The minimum absolute atomic E-state index is 0.0116. The molecule has 1 N–H and O–H groups in total. The summed E-state index contributed by atoms with van der Waals surface area (Å²) in [4.78, 5) is 0. The maximum Gasteiger partial charge on any atom is 0.119 e. The predicted molar refractivity (Wildman–Crippen MR) is 85.6 cm³/mol. The highest BCUT2D eigenvalue weighted by Gasteiger charge is 2.39. The molecule has 3 atom stereocenters. The lowest BCUT2D eigenvalue weighted by atomic mass is 9.64. The van der Waals surface area contributed by atoms with E-state index >= 15 is 0 Å². The Balaban J connectivity index is 1.73. The fraction of sp³-hybridized carbons (Fsp3) is 0.684. The van der Waals surface area contributed by atoms with Crippen molar-refractivity contribution >= 4 is 0 Å². The molecule has 0 spiro atoms. The standard InChI is InChI=1S/C19H28O2/c1-13-4-11-17(18(20)12-13)19(2,3)14-5-7-15(8-6-14)21-16-9-10-16/h5-8,13,16-18,20H,4,9-12H2,1-3H3. The van der Waals surface area contributed by atoms with Gasteiger partial charge in [-0.15, -0.1) is 0 Å². The van der Waals surface area contributed by atoms with Gasteiger partial charge in [0, 0.05) is 0 Å². The molecule has 116 valence electrons. The molecule has 2 aliphatic carbocycles. The molecule has 2 heteroatoms. The summed E-state index contributed by atoms with van der Waals surface area (Å²) < 4.78 is 5.82. The fourth-order valence-corrected chi connectivity index (χ4v) is 3.75. The molecule has 2 fully saturated rings. The van der Waals surface area contributed by atoms with Gasteiger partial charge in [0.1, 0.15) is 5.75 Å². The van der Waals surface area contributed by atoms with Crippen LogP contribution in [0, 0.1) is 11.8 Å². The Bertz CT molecular complexity index is 473. The van der Waals surface area contributed by atoms with E-state index < -0.39 is 0 Å². The van der Waals surface area contributed by atoms with Crippen LogP contribution in [0.15, 0.2) is 24.3 Å². The van der Waals surface area contributed by atoms with Gasteiger partial charge in [-0.25, -0.2) is 0 Å². The van der Waals surface area contributed by atoms with Crippen LogP contribution in [-0.4, -0.2) is 17.3 Å². The molecular weight excluding hydrogens is 260 g/mol. The lowest BCUT2D eigenvalue weighted by Gasteiger charge is -2.42. The zero-order valence-electron chi connectivity index (χ0n) is 13.5. The second kappa shape index (κ2) is 5.64. The van der Waals surface area contributed by atoms with Gasteiger partial charge in [0.05, 0.1) is 12.2 Å². The molecule has 0 aliphatic heterocycles. The third kappa shape index (κ3) is 3.26. The van der Waals surface area contributed by atoms with Crippen LogP contribution >= 0.6 is 0 Å². The summed E-state index contributed by atoms with van der Waals surface area (Å²) in [7, 11) is 0. The average molecular weight is 288 g/mol. The number of hydrogen-bond acceptors (Lipinski definition) is 2. The first-order valence-electron chi connectivity index (χ1n) is 8.42. The SMILES string of the molecule is CC1CCC(C(C)(C)c2ccc(OC3CC3)cc2)C(O)C1. The molecule has 0 amide bonds. The van der Waals surface area contributed by atoms with Crippen LogP contribution in [0.4, 0.5) is 0 Å². The van der Waals surface area contributed by atoms with E-state index in [-0.39, 0.29) is 11.5 Å². The van der Waals surface area contributed by atoms with Crippen LogP contribution in [0.25, 0.3) is 0 Å². The minimum atomic E-state index is -0.175.